The van der Waals surface area contributed by atoms with Crippen LogP contribution in [0.5, 0.6) is 0 Å². The molecule has 0 spiro atoms. The number of hydrogen-bond acceptors (Lipinski definition) is 5. The van der Waals surface area contributed by atoms with Crippen molar-refractivity contribution in [2.45, 2.75) is 39.5 Å². The van der Waals surface area contributed by atoms with Crippen LogP contribution in [0.2, 0.25) is 0 Å². The SMILES string of the molecule is Cc1nc2c(-c3ccccc3)c(C(F)(F)F)[nH]n2c(=O)c1-c1nc(CO)c(C(C)C)o1. The first-order valence-electron chi connectivity index (χ1n) is 9.52. The Morgan fingerprint density at radius 2 is 1.84 bits per heavy atom. The van der Waals surface area contributed by atoms with Crippen LogP contribution in [0, 0.1) is 6.92 Å². The number of H-pyrrole nitrogens is 1. The second kappa shape index (κ2) is 7.38. The zero-order valence-corrected chi connectivity index (χ0v) is 16.9. The fourth-order valence-electron chi connectivity index (χ4n) is 3.54. The number of hydrogen-bond donors (Lipinski definition) is 2. The van der Waals surface area contributed by atoms with E-state index in [9.17, 15) is 23.1 Å². The van der Waals surface area contributed by atoms with Gasteiger partial charge in [0.1, 0.15) is 22.7 Å². The number of halogens is 3. The normalized spacial score (nSPS) is 12.3. The van der Waals surface area contributed by atoms with Crippen molar-refractivity contribution in [3.05, 3.63) is 63.5 Å². The molecule has 4 rings (SSSR count). The molecule has 0 aliphatic carbocycles. The maximum Gasteiger partial charge on any atom is 0.433 e. The Morgan fingerprint density at radius 3 is 2.39 bits per heavy atom. The second-order valence-electron chi connectivity index (χ2n) is 7.40. The highest BCUT2D eigenvalue weighted by Crippen LogP contribution is 2.38. The highest BCUT2D eigenvalue weighted by molar-refractivity contribution is 5.81. The smallest absolute Gasteiger partial charge is 0.433 e. The number of aromatic amines is 1. The summed E-state index contributed by atoms with van der Waals surface area (Å²) in [6.07, 6.45) is -4.74. The summed E-state index contributed by atoms with van der Waals surface area (Å²) in [6.45, 7) is 4.77. The van der Waals surface area contributed by atoms with Gasteiger partial charge >= 0.3 is 6.18 Å². The molecule has 0 amide bonds. The van der Waals surface area contributed by atoms with Crippen LogP contribution < -0.4 is 5.56 Å². The van der Waals surface area contributed by atoms with Crippen LogP contribution in [0.25, 0.3) is 28.2 Å². The molecular weight excluding hydrogens is 413 g/mol. The minimum Gasteiger partial charge on any atom is -0.440 e. The summed E-state index contributed by atoms with van der Waals surface area (Å²) in [6, 6.07) is 7.93. The van der Waals surface area contributed by atoms with Crippen LogP contribution in [0.4, 0.5) is 13.2 Å². The fourth-order valence-corrected chi connectivity index (χ4v) is 3.54. The van der Waals surface area contributed by atoms with Gasteiger partial charge in [0, 0.05) is 5.92 Å². The lowest BCUT2D eigenvalue weighted by atomic mass is 10.1. The van der Waals surface area contributed by atoms with Gasteiger partial charge in [-0.15, -0.1) is 0 Å². The molecule has 3 aromatic heterocycles. The molecule has 0 fully saturated rings. The van der Waals surface area contributed by atoms with E-state index in [1.807, 2.05) is 13.8 Å². The molecule has 162 valence electrons. The molecule has 0 aliphatic rings. The molecule has 3 heterocycles. The lowest BCUT2D eigenvalue weighted by Gasteiger charge is -2.07. The molecule has 0 saturated heterocycles. The third kappa shape index (κ3) is 3.42. The summed E-state index contributed by atoms with van der Waals surface area (Å²) in [5.41, 5.74) is -1.60. The standard InChI is InChI=1S/C21H19F3N4O3/c1-10(2)16-13(9-29)26-19(31-16)14-11(3)25-18-15(12-7-5-4-6-8-12)17(21(22,23)24)27-28(18)20(14)30/h4-8,10,27,29H,9H2,1-3H3. The largest absolute Gasteiger partial charge is 0.440 e. The average Bonchev–Trinajstić information content (AvgIpc) is 3.30. The van der Waals surface area contributed by atoms with Crippen molar-refractivity contribution in [1.82, 2.24) is 19.6 Å². The first-order valence-corrected chi connectivity index (χ1v) is 9.52. The summed E-state index contributed by atoms with van der Waals surface area (Å²) in [4.78, 5) is 21.7. The van der Waals surface area contributed by atoms with Gasteiger partial charge in [-0.3, -0.25) is 9.89 Å². The van der Waals surface area contributed by atoms with Crippen LogP contribution in [-0.2, 0) is 12.8 Å². The van der Waals surface area contributed by atoms with Gasteiger partial charge in [0.25, 0.3) is 5.56 Å². The van der Waals surface area contributed by atoms with Gasteiger partial charge in [0.2, 0.25) is 5.89 Å². The quantitative estimate of drug-likeness (QED) is 0.502. The Bertz CT molecular complexity index is 1320. The third-order valence-corrected chi connectivity index (χ3v) is 4.92. The van der Waals surface area contributed by atoms with Crippen molar-refractivity contribution in [2.75, 3.05) is 0 Å². The molecule has 31 heavy (non-hydrogen) atoms. The molecule has 0 bridgehead atoms. The van der Waals surface area contributed by atoms with Gasteiger partial charge in [-0.05, 0) is 12.5 Å². The Kier molecular flexibility index (Phi) is 4.97. The van der Waals surface area contributed by atoms with E-state index in [1.54, 1.807) is 18.2 Å². The third-order valence-electron chi connectivity index (χ3n) is 4.92. The average molecular weight is 432 g/mol. The number of alkyl halides is 3. The van der Waals surface area contributed by atoms with Gasteiger partial charge in [-0.1, -0.05) is 44.2 Å². The molecular formula is C21H19F3N4O3. The number of aliphatic hydroxyl groups excluding tert-OH is 1. The number of aryl methyl sites for hydroxylation is 1. The minimum absolute atomic E-state index is 0.0753. The molecule has 0 radical (unpaired) electrons. The van der Waals surface area contributed by atoms with E-state index in [1.165, 1.54) is 19.1 Å². The van der Waals surface area contributed by atoms with Crippen LogP contribution in [0.3, 0.4) is 0 Å². The van der Waals surface area contributed by atoms with Crippen LogP contribution in [0.15, 0.2) is 39.5 Å². The monoisotopic (exact) mass is 432 g/mol. The predicted octanol–water partition coefficient (Wildman–Crippen LogP) is 4.29. The summed E-state index contributed by atoms with van der Waals surface area (Å²) < 4.78 is 47.8. The number of benzene rings is 1. The van der Waals surface area contributed by atoms with Crippen LogP contribution >= 0.6 is 0 Å². The van der Waals surface area contributed by atoms with Crippen molar-refractivity contribution in [2.24, 2.45) is 0 Å². The van der Waals surface area contributed by atoms with Gasteiger partial charge in [0.05, 0.1) is 17.9 Å². The lowest BCUT2D eigenvalue weighted by Crippen LogP contribution is -2.20. The molecule has 7 nitrogen and oxygen atoms in total. The Hall–Kier alpha value is -3.40. The summed E-state index contributed by atoms with van der Waals surface area (Å²) >= 11 is 0. The van der Waals surface area contributed by atoms with Crippen molar-refractivity contribution in [1.29, 1.82) is 0 Å². The first kappa shape index (κ1) is 20.9. The Morgan fingerprint density at radius 1 is 1.16 bits per heavy atom. The van der Waals surface area contributed by atoms with E-state index in [2.05, 4.69) is 15.1 Å². The van der Waals surface area contributed by atoms with Crippen molar-refractivity contribution in [3.8, 4) is 22.6 Å². The number of fused-ring (bicyclic) bond motifs is 1. The van der Waals surface area contributed by atoms with E-state index in [-0.39, 0.29) is 45.5 Å². The molecule has 0 aliphatic heterocycles. The summed E-state index contributed by atoms with van der Waals surface area (Å²) in [5.74, 6) is 0.186. The highest BCUT2D eigenvalue weighted by Gasteiger charge is 2.38. The predicted molar refractivity (Wildman–Crippen MR) is 106 cm³/mol. The minimum atomic E-state index is -4.74. The zero-order valence-electron chi connectivity index (χ0n) is 16.9. The number of aromatic nitrogens is 4. The van der Waals surface area contributed by atoms with Crippen molar-refractivity contribution in [3.63, 3.8) is 0 Å². The maximum atomic E-state index is 13.8. The van der Waals surface area contributed by atoms with Crippen LogP contribution in [0.1, 0.15) is 42.6 Å². The molecule has 10 heteroatoms. The van der Waals surface area contributed by atoms with E-state index >= 15 is 0 Å². The van der Waals surface area contributed by atoms with E-state index in [0.717, 1.165) is 4.52 Å². The molecule has 0 unspecified atom stereocenters. The molecule has 4 aromatic rings. The number of oxazole rings is 1. The van der Waals surface area contributed by atoms with E-state index in [0.29, 0.717) is 5.76 Å². The first-order chi connectivity index (χ1) is 14.6. The van der Waals surface area contributed by atoms with Crippen molar-refractivity contribution < 1.29 is 22.7 Å². The molecule has 0 atom stereocenters. The molecule has 1 aromatic carbocycles. The summed E-state index contributed by atoms with van der Waals surface area (Å²) in [7, 11) is 0. The van der Waals surface area contributed by atoms with Gasteiger partial charge < -0.3 is 9.52 Å². The fraction of sp³-hybridized carbons (Fsp3) is 0.286. The number of nitrogens with one attached hydrogen (secondary N) is 1. The number of aliphatic hydroxyl groups is 1. The summed E-state index contributed by atoms with van der Waals surface area (Å²) in [5, 5.41) is 11.7. The highest BCUT2D eigenvalue weighted by atomic mass is 19.4. The Balaban J connectivity index is 2.04. The maximum absolute atomic E-state index is 13.8. The second-order valence-corrected chi connectivity index (χ2v) is 7.40. The van der Waals surface area contributed by atoms with Gasteiger partial charge in [-0.2, -0.15) is 17.7 Å². The Labute approximate surface area is 174 Å². The van der Waals surface area contributed by atoms with E-state index in [4.69, 9.17) is 4.42 Å². The molecule has 0 saturated carbocycles. The van der Waals surface area contributed by atoms with Crippen molar-refractivity contribution >= 4 is 5.65 Å². The molecule has 2 N–H and O–H groups in total. The van der Waals surface area contributed by atoms with Gasteiger partial charge in [-0.25, -0.2) is 9.97 Å². The lowest BCUT2D eigenvalue weighted by molar-refractivity contribution is -0.140. The number of rotatable bonds is 4. The van der Waals surface area contributed by atoms with Gasteiger partial charge in [0.15, 0.2) is 5.65 Å². The van der Waals surface area contributed by atoms with Crippen LogP contribution in [-0.4, -0.2) is 24.7 Å². The number of nitrogens with zero attached hydrogens (tertiary/aromatic N) is 3. The van der Waals surface area contributed by atoms with E-state index < -0.39 is 24.0 Å². The zero-order chi connectivity index (χ0) is 22.5. The topological polar surface area (TPSA) is 96.4 Å².